The Labute approximate surface area is 212 Å². The molecule has 6 rings (SSSR count). The maximum absolute atomic E-state index is 13.7. The van der Waals surface area contributed by atoms with Gasteiger partial charge in [-0.05, 0) is 42.3 Å². The van der Waals surface area contributed by atoms with Crippen LogP contribution in [0.15, 0.2) is 76.3 Å². The molecule has 5 aromatic rings. The van der Waals surface area contributed by atoms with Crippen LogP contribution < -0.4 is 21.3 Å². The van der Waals surface area contributed by atoms with Gasteiger partial charge in [-0.3, -0.25) is 13.9 Å². The number of rotatable bonds is 3. The molecule has 8 heteroatoms. The van der Waals surface area contributed by atoms with E-state index < -0.39 is 11.7 Å². The summed E-state index contributed by atoms with van der Waals surface area (Å²) in [5.41, 5.74) is 5.84. The SMILES string of the molecule is COc1cc(C2Nc3ccccc3-n3c(-c4ccc(C)cc4)c4c(=O)n(C)c(=O)n(C)c4c32)ccc1O. The Hall–Kier alpha value is -4.72. The van der Waals surface area contributed by atoms with Crippen molar-refractivity contribution in [3.63, 3.8) is 0 Å². The van der Waals surface area contributed by atoms with Crippen molar-refractivity contribution in [3.8, 4) is 28.4 Å². The molecule has 3 heterocycles. The van der Waals surface area contributed by atoms with E-state index in [-0.39, 0.29) is 11.3 Å². The summed E-state index contributed by atoms with van der Waals surface area (Å²) in [6, 6.07) is 20.7. The number of aromatic nitrogens is 3. The molecule has 1 aliphatic rings. The first-order chi connectivity index (χ1) is 17.8. The molecule has 1 unspecified atom stereocenters. The summed E-state index contributed by atoms with van der Waals surface area (Å²) >= 11 is 0. The van der Waals surface area contributed by atoms with Crippen molar-refractivity contribution in [3.05, 3.63) is 104 Å². The van der Waals surface area contributed by atoms with E-state index >= 15 is 0 Å². The van der Waals surface area contributed by atoms with Crippen LogP contribution in [0.1, 0.15) is 22.9 Å². The zero-order valence-electron chi connectivity index (χ0n) is 20.9. The first kappa shape index (κ1) is 22.7. The molecule has 0 aliphatic carbocycles. The Kier molecular flexibility index (Phi) is 5.01. The Balaban J connectivity index is 1.83. The molecular weight excluding hydrogens is 468 g/mol. The highest BCUT2D eigenvalue weighted by molar-refractivity contribution is 5.99. The topological polar surface area (TPSA) is 90.4 Å². The number of hydrogen-bond acceptors (Lipinski definition) is 5. The summed E-state index contributed by atoms with van der Waals surface area (Å²) < 4.78 is 10.2. The van der Waals surface area contributed by atoms with Crippen molar-refractivity contribution in [1.82, 2.24) is 13.7 Å². The monoisotopic (exact) mass is 494 g/mol. The smallest absolute Gasteiger partial charge is 0.331 e. The van der Waals surface area contributed by atoms with Gasteiger partial charge in [0.1, 0.15) is 0 Å². The van der Waals surface area contributed by atoms with Gasteiger partial charge < -0.3 is 19.7 Å². The van der Waals surface area contributed by atoms with Crippen molar-refractivity contribution in [2.75, 3.05) is 12.4 Å². The first-order valence-corrected chi connectivity index (χ1v) is 12.0. The molecule has 1 atom stereocenters. The molecular formula is C29H26N4O4. The average Bonchev–Trinajstić information content (AvgIpc) is 3.27. The van der Waals surface area contributed by atoms with Crippen LogP contribution in [0.2, 0.25) is 0 Å². The van der Waals surface area contributed by atoms with Crippen LogP contribution in [0.3, 0.4) is 0 Å². The summed E-state index contributed by atoms with van der Waals surface area (Å²) in [5.74, 6) is 0.369. The van der Waals surface area contributed by atoms with Gasteiger partial charge in [0, 0.05) is 14.1 Å². The van der Waals surface area contributed by atoms with Crippen LogP contribution in [0, 0.1) is 6.92 Å². The lowest BCUT2D eigenvalue weighted by atomic mass is 9.99. The summed E-state index contributed by atoms with van der Waals surface area (Å²) in [7, 11) is 4.70. The van der Waals surface area contributed by atoms with Gasteiger partial charge in [0.05, 0.1) is 46.8 Å². The van der Waals surface area contributed by atoms with Gasteiger partial charge in [0.2, 0.25) is 0 Å². The van der Waals surface area contributed by atoms with Crippen molar-refractivity contribution in [2.45, 2.75) is 13.0 Å². The fraction of sp³-hybridized carbons (Fsp3) is 0.172. The number of para-hydroxylation sites is 2. The molecule has 0 saturated carbocycles. The summed E-state index contributed by atoms with van der Waals surface area (Å²) in [6.45, 7) is 2.02. The van der Waals surface area contributed by atoms with Crippen molar-refractivity contribution >= 4 is 16.6 Å². The molecule has 37 heavy (non-hydrogen) atoms. The summed E-state index contributed by atoms with van der Waals surface area (Å²) in [6.07, 6.45) is 0. The molecule has 0 radical (unpaired) electrons. The number of fused-ring (bicyclic) bond motifs is 5. The predicted octanol–water partition coefficient (Wildman–Crippen LogP) is 4.23. The number of anilines is 1. The van der Waals surface area contributed by atoms with Crippen LogP contribution in [-0.4, -0.2) is 25.9 Å². The maximum atomic E-state index is 13.7. The average molecular weight is 495 g/mol. The number of aromatic hydroxyl groups is 1. The molecule has 2 aromatic heterocycles. The highest BCUT2D eigenvalue weighted by Gasteiger charge is 2.35. The molecule has 0 bridgehead atoms. The Morgan fingerprint density at radius 1 is 0.946 bits per heavy atom. The van der Waals surface area contributed by atoms with Gasteiger partial charge in [-0.1, -0.05) is 48.0 Å². The minimum atomic E-state index is -0.441. The van der Waals surface area contributed by atoms with Crippen LogP contribution in [0.5, 0.6) is 11.5 Å². The number of aryl methyl sites for hydroxylation is 2. The number of ether oxygens (including phenoxy) is 1. The fourth-order valence-electron chi connectivity index (χ4n) is 5.33. The van der Waals surface area contributed by atoms with Crippen LogP contribution in [0.4, 0.5) is 5.69 Å². The molecule has 8 nitrogen and oxygen atoms in total. The van der Waals surface area contributed by atoms with Crippen molar-refractivity contribution in [1.29, 1.82) is 0 Å². The number of phenolic OH excluding ortho intramolecular Hbond substituents is 1. The number of nitrogens with zero attached hydrogens (tertiary/aromatic N) is 3. The first-order valence-electron chi connectivity index (χ1n) is 12.0. The maximum Gasteiger partial charge on any atom is 0.331 e. The van der Waals surface area contributed by atoms with E-state index in [4.69, 9.17) is 4.74 Å². The quantitative estimate of drug-likeness (QED) is 0.392. The lowest BCUT2D eigenvalue weighted by Gasteiger charge is -2.31. The van der Waals surface area contributed by atoms with E-state index in [9.17, 15) is 14.7 Å². The molecule has 2 N–H and O–H groups in total. The minimum Gasteiger partial charge on any atom is -0.504 e. The van der Waals surface area contributed by atoms with E-state index in [1.54, 1.807) is 23.7 Å². The van der Waals surface area contributed by atoms with E-state index in [2.05, 4.69) is 9.88 Å². The second-order valence-electron chi connectivity index (χ2n) is 9.39. The molecule has 0 fully saturated rings. The standard InChI is InChI=1S/C29H26N4O4/c1-16-9-11-17(12-10-16)25-23-26(31(2)29(36)32(3)28(23)35)27-24(18-13-14-21(34)22(15-18)37-4)30-19-7-5-6-8-20(19)33(25)27/h5-15,24,30,34H,1-4H3. The van der Waals surface area contributed by atoms with Gasteiger partial charge in [-0.25, -0.2) is 4.79 Å². The molecule has 0 amide bonds. The lowest BCUT2D eigenvalue weighted by Crippen LogP contribution is -2.37. The van der Waals surface area contributed by atoms with Crippen LogP contribution in [-0.2, 0) is 14.1 Å². The van der Waals surface area contributed by atoms with Crippen LogP contribution in [0.25, 0.3) is 27.8 Å². The molecule has 1 aliphatic heterocycles. The van der Waals surface area contributed by atoms with E-state index in [1.165, 1.54) is 14.2 Å². The highest BCUT2D eigenvalue weighted by atomic mass is 16.5. The van der Waals surface area contributed by atoms with E-state index in [0.717, 1.165) is 44.0 Å². The van der Waals surface area contributed by atoms with Gasteiger partial charge in [-0.15, -0.1) is 0 Å². The third-order valence-electron chi connectivity index (χ3n) is 7.19. The van der Waals surface area contributed by atoms with Gasteiger partial charge in [-0.2, -0.15) is 0 Å². The Morgan fingerprint density at radius 3 is 2.41 bits per heavy atom. The zero-order chi connectivity index (χ0) is 26.0. The van der Waals surface area contributed by atoms with E-state index in [0.29, 0.717) is 16.7 Å². The molecule has 0 saturated heterocycles. The Bertz CT molecular complexity index is 1830. The Morgan fingerprint density at radius 2 is 1.68 bits per heavy atom. The molecule has 0 spiro atoms. The largest absolute Gasteiger partial charge is 0.504 e. The van der Waals surface area contributed by atoms with Gasteiger partial charge in [0.25, 0.3) is 5.56 Å². The summed E-state index contributed by atoms with van der Waals surface area (Å²) in [5, 5.41) is 14.3. The molecule has 3 aromatic carbocycles. The number of phenols is 1. The number of methoxy groups -OCH3 is 1. The number of nitrogens with one attached hydrogen (secondary N) is 1. The van der Waals surface area contributed by atoms with Crippen LogP contribution >= 0.6 is 0 Å². The lowest BCUT2D eigenvalue weighted by molar-refractivity contribution is 0.373. The number of hydrogen-bond donors (Lipinski definition) is 2. The fourth-order valence-corrected chi connectivity index (χ4v) is 5.33. The molecule has 186 valence electrons. The van der Waals surface area contributed by atoms with Gasteiger partial charge in [0.15, 0.2) is 11.5 Å². The highest BCUT2D eigenvalue weighted by Crippen LogP contribution is 2.46. The second kappa shape index (κ2) is 8.16. The normalized spacial score (nSPS) is 14.2. The second-order valence-corrected chi connectivity index (χ2v) is 9.39. The zero-order valence-corrected chi connectivity index (χ0v) is 20.9. The third kappa shape index (κ3) is 3.22. The number of benzene rings is 3. The third-order valence-corrected chi connectivity index (χ3v) is 7.19. The van der Waals surface area contributed by atoms with Gasteiger partial charge >= 0.3 is 5.69 Å². The van der Waals surface area contributed by atoms with Crippen molar-refractivity contribution < 1.29 is 9.84 Å². The van der Waals surface area contributed by atoms with Crippen molar-refractivity contribution in [2.24, 2.45) is 14.1 Å². The van der Waals surface area contributed by atoms with E-state index in [1.807, 2.05) is 61.5 Å². The summed E-state index contributed by atoms with van der Waals surface area (Å²) in [4.78, 5) is 26.9. The predicted molar refractivity (Wildman–Crippen MR) is 144 cm³/mol. The minimum absolute atomic E-state index is 0.0318.